The van der Waals surface area contributed by atoms with Crippen LogP contribution in [0.4, 0.5) is 0 Å². The van der Waals surface area contributed by atoms with Gasteiger partial charge in [0.2, 0.25) is 10.0 Å². The minimum absolute atomic E-state index is 0.110. The first kappa shape index (κ1) is 20.6. The van der Waals surface area contributed by atoms with Gasteiger partial charge in [0.05, 0.1) is 15.5 Å². The monoisotopic (exact) mass is 412 g/mol. The number of benzene rings is 1. The van der Waals surface area contributed by atoms with Crippen molar-refractivity contribution in [1.29, 1.82) is 0 Å². The minimum atomic E-state index is -3.66. The smallest absolute Gasteiger partial charge is 0.255 e. The zero-order valence-electron chi connectivity index (χ0n) is 16.3. The molecule has 1 saturated carbocycles. The van der Waals surface area contributed by atoms with Crippen LogP contribution in [-0.2, 0) is 10.0 Å². The van der Waals surface area contributed by atoms with E-state index in [0.29, 0.717) is 10.9 Å². The number of rotatable bonds is 4. The third kappa shape index (κ3) is 4.17. The molecule has 1 aromatic carbocycles. The number of fused-ring (bicyclic) bond motifs is 1. The highest BCUT2D eigenvalue weighted by molar-refractivity contribution is 7.89. The summed E-state index contributed by atoms with van der Waals surface area (Å²) in [4.78, 5) is 15.1. The van der Waals surface area contributed by atoms with Crippen LogP contribution in [0.2, 0.25) is 5.02 Å². The van der Waals surface area contributed by atoms with Crippen LogP contribution in [0.25, 0.3) is 0 Å². The fourth-order valence-electron chi connectivity index (χ4n) is 4.23. The van der Waals surface area contributed by atoms with Gasteiger partial charge in [-0.05, 0) is 56.7 Å². The lowest BCUT2D eigenvalue weighted by Crippen LogP contribution is -2.44. The van der Waals surface area contributed by atoms with Crippen LogP contribution in [-0.4, -0.2) is 49.7 Å². The van der Waals surface area contributed by atoms with E-state index >= 15 is 0 Å². The van der Waals surface area contributed by atoms with Crippen LogP contribution >= 0.6 is 11.6 Å². The number of carbonyl (C=O) groups excluding carboxylic acids is 1. The second-order valence-corrected chi connectivity index (χ2v) is 10.5. The van der Waals surface area contributed by atoms with Gasteiger partial charge in [0, 0.05) is 26.2 Å². The Morgan fingerprint density at radius 3 is 2.52 bits per heavy atom. The topological polar surface area (TPSA) is 57.7 Å². The van der Waals surface area contributed by atoms with Gasteiger partial charge in [-0.3, -0.25) is 4.79 Å². The number of halogens is 1. The summed E-state index contributed by atoms with van der Waals surface area (Å²) in [5, 5.41) is 0.303. The van der Waals surface area contributed by atoms with Crippen molar-refractivity contribution in [2.24, 2.45) is 11.8 Å². The summed E-state index contributed by atoms with van der Waals surface area (Å²) in [6, 6.07) is 4.26. The van der Waals surface area contributed by atoms with E-state index in [2.05, 4.69) is 0 Å². The van der Waals surface area contributed by atoms with Gasteiger partial charge in [-0.1, -0.05) is 30.9 Å². The molecule has 0 radical (unpaired) electrons. The fourth-order valence-corrected chi connectivity index (χ4v) is 5.82. The first-order chi connectivity index (χ1) is 12.7. The molecule has 1 aromatic rings. The predicted octanol–water partition coefficient (Wildman–Crippen LogP) is 4.02. The summed E-state index contributed by atoms with van der Waals surface area (Å²) < 4.78 is 26.9. The number of nitrogens with zero attached hydrogens (tertiary/aromatic N) is 2. The number of piperidine rings is 1. The molecule has 2 fully saturated rings. The van der Waals surface area contributed by atoms with E-state index in [-0.39, 0.29) is 22.4 Å². The lowest BCUT2D eigenvalue weighted by molar-refractivity contribution is 0.0521. The summed E-state index contributed by atoms with van der Waals surface area (Å²) >= 11 is 6.28. The third-order valence-electron chi connectivity index (χ3n) is 6.15. The number of amides is 1. The van der Waals surface area contributed by atoms with E-state index in [0.717, 1.165) is 25.4 Å². The number of likely N-dealkylation sites (tertiary alicyclic amines) is 1. The number of hydrogen-bond donors (Lipinski definition) is 0. The summed E-state index contributed by atoms with van der Waals surface area (Å²) in [5.41, 5.74) is 0.282. The molecule has 150 valence electrons. The number of carbonyl (C=O) groups is 1. The molecule has 0 N–H and O–H groups in total. The molecule has 1 heterocycles. The van der Waals surface area contributed by atoms with Crippen molar-refractivity contribution in [2.45, 2.75) is 56.9 Å². The summed E-state index contributed by atoms with van der Waals surface area (Å²) in [7, 11) is -2.11. The zero-order valence-corrected chi connectivity index (χ0v) is 17.9. The molecular weight excluding hydrogens is 384 g/mol. The highest BCUT2D eigenvalue weighted by Crippen LogP contribution is 2.37. The van der Waals surface area contributed by atoms with Gasteiger partial charge in [0.1, 0.15) is 0 Å². The fraction of sp³-hybridized carbons (Fsp3) is 0.650. The Balaban J connectivity index is 1.85. The Kier molecular flexibility index (Phi) is 6.18. The first-order valence-electron chi connectivity index (χ1n) is 9.78. The van der Waals surface area contributed by atoms with Gasteiger partial charge in [-0.25, -0.2) is 8.42 Å². The number of sulfonamides is 1. The summed E-state index contributed by atoms with van der Waals surface area (Å²) in [6.45, 7) is 5.10. The van der Waals surface area contributed by atoms with Crippen molar-refractivity contribution in [2.75, 3.05) is 20.1 Å². The van der Waals surface area contributed by atoms with E-state index in [4.69, 9.17) is 11.6 Å². The van der Waals surface area contributed by atoms with Crippen LogP contribution < -0.4 is 0 Å². The highest BCUT2D eigenvalue weighted by atomic mass is 35.5. The normalized spacial score (nSPS) is 23.6. The first-order valence-corrected chi connectivity index (χ1v) is 11.6. The second kappa shape index (κ2) is 8.10. The molecule has 27 heavy (non-hydrogen) atoms. The standard InChI is InChI=1S/C20H29ClN2O3S/c1-14(2)22(3)27(25,26)17-8-9-19(21)18(12-17)20(24)23-11-10-15-6-4-5-7-16(15)13-23/h8-9,12,14-16H,4-7,10-11,13H2,1-3H3/t15-,16+/m0/s1. The molecule has 2 atom stereocenters. The van der Waals surface area contributed by atoms with Gasteiger partial charge in [0.25, 0.3) is 5.91 Å². The van der Waals surface area contributed by atoms with Gasteiger partial charge >= 0.3 is 0 Å². The lowest BCUT2D eigenvalue weighted by atomic mass is 9.75. The average Bonchev–Trinajstić information content (AvgIpc) is 2.66. The van der Waals surface area contributed by atoms with Crippen molar-refractivity contribution in [3.63, 3.8) is 0 Å². The molecule has 0 unspecified atom stereocenters. The molecule has 1 aliphatic carbocycles. The Bertz CT molecular complexity index is 809. The van der Waals surface area contributed by atoms with Crippen LogP contribution in [0.3, 0.4) is 0 Å². The molecular formula is C20H29ClN2O3S. The van der Waals surface area contributed by atoms with Gasteiger partial charge in [-0.15, -0.1) is 0 Å². The van der Waals surface area contributed by atoms with Gasteiger partial charge in [-0.2, -0.15) is 4.31 Å². The quantitative estimate of drug-likeness (QED) is 0.750. The van der Waals surface area contributed by atoms with Crippen LogP contribution in [0, 0.1) is 11.8 Å². The van der Waals surface area contributed by atoms with Crippen molar-refractivity contribution in [3.05, 3.63) is 28.8 Å². The second-order valence-electron chi connectivity index (χ2n) is 8.10. The van der Waals surface area contributed by atoms with E-state index in [1.54, 1.807) is 7.05 Å². The Labute approximate surface area is 167 Å². The third-order valence-corrected chi connectivity index (χ3v) is 8.51. The van der Waals surface area contributed by atoms with Crippen molar-refractivity contribution >= 4 is 27.5 Å². The molecule has 2 aliphatic rings. The predicted molar refractivity (Wildman–Crippen MR) is 108 cm³/mol. The average molecular weight is 413 g/mol. The zero-order chi connectivity index (χ0) is 19.8. The van der Waals surface area contributed by atoms with Gasteiger partial charge < -0.3 is 4.90 Å². The van der Waals surface area contributed by atoms with E-state index < -0.39 is 10.0 Å². The Hall–Kier alpha value is -1.11. The van der Waals surface area contributed by atoms with E-state index in [1.165, 1.54) is 48.2 Å². The van der Waals surface area contributed by atoms with Crippen molar-refractivity contribution < 1.29 is 13.2 Å². The van der Waals surface area contributed by atoms with E-state index in [1.807, 2.05) is 18.7 Å². The minimum Gasteiger partial charge on any atom is -0.338 e. The molecule has 1 saturated heterocycles. The molecule has 5 nitrogen and oxygen atoms in total. The summed E-state index contributed by atoms with van der Waals surface area (Å²) in [6.07, 6.45) is 6.00. The van der Waals surface area contributed by atoms with Gasteiger partial charge in [0.15, 0.2) is 0 Å². The molecule has 1 amide bonds. The summed E-state index contributed by atoms with van der Waals surface area (Å²) in [5.74, 6) is 1.13. The largest absolute Gasteiger partial charge is 0.338 e. The number of hydrogen-bond acceptors (Lipinski definition) is 3. The lowest BCUT2D eigenvalue weighted by Gasteiger charge is -2.41. The van der Waals surface area contributed by atoms with Crippen LogP contribution in [0.15, 0.2) is 23.1 Å². The molecule has 0 aromatic heterocycles. The van der Waals surface area contributed by atoms with Crippen molar-refractivity contribution in [1.82, 2.24) is 9.21 Å². The molecule has 3 rings (SSSR count). The maximum Gasteiger partial charge on any atom is 0.255 e. The Morgan fingerprint density at radius 1 is 1.19 bits per heavy atom. The highest BCUT2D eigenvalue weighted by Gasteiger charge is 2.34. The van der Waals surface area contributed by atoms with Crippen molar-refractivity contribution in [3.8, 4) is 0 Å². The van der Waals surface area contributed by atoms with E-state index in [9.17, 15) is 13.2 Å². The SMILES string of the molecule is CC(C)N(C)S(=O)(=O)c1ccc(Cl)c(C(=O)N2CC[C@@H]3CCCC[C@@H]3C2)c1. The van der Waals surface area contributed by atoms with Crippen LogP contribution in [0.5, 0.6) is 0 Å². The molecule has 0 bridgehead atoms. The molecule has 1 aliphatic heterocycles. The maximum atomic E-state index is 13.1. The Morgan fingerprint density at radius 2 is 1.85 bits per heavy atom. The maximum absolute atomic E-state index is 13.1. The van der Waals surface area contributed by atoms with Crippen LogP contribution in [0.1, 0.15) is 56.3 Å². The molecule has 0 spiro atoms. The molecule has 7 heteroatoms.